The van der Waals surface area contributed by atoms with Gasteiger partial charge in [-0.15, -0.1) is 0 Å². The predicted molar refractivity (Wildman–Crippen MR) is 54.5 cm³/mol. The van der Waals surface area contributed by atoms with Gasteiger partial charge < -0.3 is 10.6 Å². The highest BCUT2D eigenvalue weighted by atomic mass is 32.2. The number of piperidine rings is 1. The van der Waals surface area contributed by atoms with E-state index < -0.39 is 0 Å². The van der Waals surface area contributed by atoms with Crippen LogP contribution in [0.3, 0.4) is 0 Å². The van der Waals surface area contributed by atoms with E-state index in [1.807, 2.05) is 0 Å². The second-order valence-electron chi connectivity index (χ2n) is 4.07. The molecule has 0 saturated carbocycles. The first kappa shape index (κ1) is 8.85. The lowest BCUT2D eigenvalue weighted by Gasteiger charge is -2.36. The van der Waals surface area contributed by atoms with E-state index in [2.05, 4.69) is 16.7 Å². The predicted octanol–water partition coefficient (Wildman–Crippen LogP) is 0.772. The van der Waals surface area contributed by atoms with Crippen LogP contribution >= 0.6 is 11.8 Å². The van der Waals surface area contributed by atoms with Crippen molar-refractivity contribution >= 4 is 11.8 Å². The van der Waals surface area contributed by atoms with Gasteiger partial charge in [0.25, 0.3) is 0 Å². The molecule has 0 amide bonds. The molecule has 1 atom stereocenters. The maximum absolute atomic E-state index is 5.91. The quantitative estimate of drug-likeness (QED) is 0.691. The third-order valence-corrected chi connectivity index (χ3v) is 4.18. The molecule has 2 nitrogen and oxygen atoms in total. The summed E-state index contributed by atoms with van der Waals surface area (Å²) >= 11 is 2.08. The molecule has 0 aromatic heterocycles. The Morgan fingerprint density at radius 2 is 2.25 bits per heavy atom. The average Bonchev–Trinajstić information content (AvgIpc) is 1.97. The van der Waals surface area contributed by atoms with Crippen molar-refractivity contribution < 1.29 is 0 Å². The molecule has 70 valence electrons. The summed E-state index contributed by atoms with van der Waals surface area (Å²) in [4.78, 5) is 2.55. The van der Waals surface area contributed by atoms with Gasteiger partial charge in [-0.3, -0.25) is 0 Å². The minimum atomic E-state index is 0.450. The van der Waals surface area contributed by atoms with E-state index in [4.69, 9.17) is 5.73 Å². The van der Waals surface area contributed by atoms with Crippen LogP contribution in [0.4, 0.5) is 0 Å². The first-order valence-corrected chi connectivity index (χ1v) is 6.06. The van der Waals surface area contributed by atoms with Gasteiger partial charge in [0.1, 0.15) is 0 Å². The Morgan fingerprint density at radius 1 is 1.42 bits per heavy atom. The summed E-state index contributed by atoms with van der Waals surface area (Å²) in [7, 11) is 0. The topological polar surface area (TPSA) is 29.3 Å². The van der Waals surface area contributed by atoms with E-state index in [1.54, 1.807) is 0 Å². The van der Waals surface area contributed by atoms with Gasteiger partial charge in [0.15, 0.2) is 0 Å². The van der Waals surface area contributed by atoms with Gasteiger partial charge >= 0.3 is 0 Å². The van der Waals surface area contributed by atoms with Gasteiger partial charge in [-0.25, -0.2) is 0 Å². The van der Waals surface area contributed by atoms with Crippen molar-refractivity contribution in [2.24, 2.45) is 11.7 Å². The molecule has 0 bridgehead atoms. The normalized spacial score (nSPS) is 33.2. The smallest absolute Gasteiger partial charge is 0.0168 e. The number of nitrogens with zero attached hydrogens (tertiary/aromatic N) is 1. The summed E-state index contributed by atoms with van der Waals surface area (Å²) < 4.78 is 0. The molecule has 2 rings (SSSR count). The van der Waals surface area contributed by atoms with Crippen LogP contribution in [0.25, 0.3) is 0 Å². The second kappa shape index (κ2) is 3.99. The van der Waals surface area contributed by atoms with Crippen LogP contribution in [-0.2, 0) is 0 Å². The monoisotopic (exact) mass is 186 g/mol. The van der Waals surface area contributed by atoms with E-state index in [9.17, 15) is 0 Å². The third-order valence-electron chi connectivity index (χ3n) is 2.77. The number of nitrogens with two attached hydrogens (primary N) is 1. The Balaban J connectivity index is 1.71. The summed E-state index contributed by atoms with van der Waals surface area (Å²) in [6.45, 7) is 3.73. The molecule has 0 radical (unpaired) electrons. The molecule has 2 fully saturated rings. The first-order valence-electron chi connectivity index (χ1n) is 4.90. The van der Waals surface area contributed by atoms with Crippen LogP contribution in [0.2, 0.25) is 0 Å². The number of likely N-dealkylation sites (tertiary alicyclic amines) is 1. The SMILES string of the molecule is NC1CCCN(CC2CSC2)C1. The van der Waals surface area contributed by atoms with E-state index in [1.165, 1.54) is 37.4 Å². The molecule has 0 aromatic rings. The molecule has 0 aromatic carbocycles. The van der Waals surface area contributed by atoms with Gasteiger partial charge in [-0.05, 0) is 36.8 Å². The molecule has 2 N–H and O–H groups in total. The number of hydrogen-bond acceptors (Lipinski definition) is 3. The standard InChI is InChI=1S/C9H18N2S/c10-9-2-1-3-11(5-9)4-8-6-12-7-8/h8-9H,1-7,10H2. The minimum Gasteiger partial charge on any atom is -0.327 e. The maximum atomic E-state index is 5.91. The molecule has 2 aliphatic rings. The van der Waals surface area contributed by atoms with Gasteiger partial charge in [-0.2, -0.15) is 11.8 Å². The zero-order valence-corrected chi connectivity index (χ0v) is 8.35. The zero-order chi connectivity index (χ0) is 8.39. The van der Waals surface area contributed by atoms with Crippen molar-refractivity contribution in [3.05, 3.63) is 0 Å². The molecule has 12 heavy (non-hydrogen) atoms. The van der Waals surface area contributed by atoms with E-state index in [0.717, 1.165) is 12.5 Å². The van der Waals surface area contributed by atoms with Crippen molar-refractivity contribution in [1.29, 1.82) is 0 Å². The number of thioether (sulfide) groups is 1. The van der Waals surface area contributed by atoms with Crippen LogP contribution in [0, 0.1) is 5.92 Å². The Labute approximate surface area is 78.9 Å². The highest BCUT2D eigenvalue weighted by Crippen LogP contribution is 2.26. The van der Waals surface area contributed by atoms with Crippen molar-refractivity contribution in [2.75, 3.05) is 31.1 Å². The summed E-state index contributed by atoms with van der Waals surface area (Å²) in [6.07, 6.45) is 2.54. The fraction of sp³-hybridized carbons (Fsp3) is 1.00. The molecule has 1 unspecified atom stereocenters. The molecule has 0 spiro atoms. The van der Waals surface area contributed by atoms with Gasteiger partial charge in [-0.1, -0.05) is 0 Å². The summed E-state index contributed by atoms with van der Waals surface area (Å²) in [5.74, 6) is 3.73. The van der Waals surface area contributed by atoms with Crippen molar-refractivity contribution in [3.8, 4) is 0 Å². The molecular weight excluding hydrogens is 168 g/mol. The largest absolute Gasteiger partial charge is 0.327 e. The Hall–Kier alpha value is 0.270. The van der Waals surface area contributed by atoms with Crippen molar-refractivity contribution in [2.45, 2.75) is 18.9 Å². The minimum absolute atomic E-state index is 0.450. The van der Waals surface area contributed by atoms with Gasteiger partial charge in [0.05, 0.1) is 0 Å². The highest BCUT2D eigenvalue weighted by molar-refractivity contribution is 8.00. The first-order chi connectivity index (χ1) is 5.84. The summed E-state index contributed by atoms with van der Waals surface area (Å²) in [5.41, 5.74) is 5.91. The van der Waals surface area contributed by atoms with Crippen LogP contribution in [-0.4, -0.2) is 42.1 Å². The molecular formula is C9H18N2S. The zero-order valence-electron chi connectivity index (χ0n) is 7.54. The molecule has 2 saturated heterocycles. The molecule has 2 aliphatic heterocycles. The summed E-state index contributed by atoms with van der Waals surface area (Å²) in [5, 5.41) is 0. The summed E-state index contributed by atoms with van der Waals surface area (Å²) in [6, 6.07) is 0.450. The van der Waals surface area contributed by atoms with Crippen LogP contribution in [0.1, 0.15) is 12.8 Å². The van der Waals surface area contributed by atoms with Crippen LogP contribution in [0.5, 0.6) is 0 Å². The van der Waals surface area contributed by atoms with E-state index in [0.29, 0.717) is 6.04 Å². The van der Waals surface area contributed by atoms with Crippen molar-refractivity contribution in [1.82, 2.24) is 4.90 Å². The van der Waals surface area contributed by atoms with Crippen molar-refractivity contribution in [3.63, 3.8) is 0 Å². The molecule has 3 heteroatoms. The third kappa shape index (κ3) is 2.15. The van der Waals surface area contributed by atoms with Gasteiger partial charge in [0, 0.05) is 19.1 Å². The highest BCUT2D eigenvalue weighted by Gasteiger charge is 2.23. The Morgan fingerprint density at radius 3 is 2.83 bits per heavy atom. The molecule has 2 heterocycles. The van der Waals surface area contributed by atoms with Crippen LogP contribution < -0.4 is 5.73 Å². The van der Waals surface area contributed by atoms with E-state index >= 15 is 0 Å². The number of rotatable bonds is 2. The lowest BCUT2D eigenvalue weighted by Crippen LogP contribution is -2.46. The lowest BCUT2D eigenvalue weighted by molar-refractivity contribution is 0.189. The Bertz CT molecular complexity index is 147. The van der Waals surface area contributed by atoms with E-state index in [-0.39, 0.29) is 0 Å². The average molecular weight is 186 g/mol. The van der Waals surface area contributed by atoms with Crippen LogP contribution in [0.15, 0.2) is 0 Å². The fourth-order valence-electron chi connectivity index (χ4n) is 2.01. The maximum Gasteiger partial charge on any atom is 0.0168 e. The lowest BCUT2D eigenvalue weighted by atomic mass is 10.0. The number of hydrogen-bond donors (Lipinski definition) is 1. The fourth-order valence-corrected chi connectivity index (χ4v) is 2.79. The van der Waals surface area contributed by atoms with Gasteiger partial charge in [0.2, 0.25) is 0 Å². The Kier molecular flexibility index (Phi) is 2.94. The second-order valence-corrected chi connectivity index (χ2v) is 5.14. The molecule has 0 aliphatic carbocycles.